The highest BCUT2D eigenvalue weighted by molar-refractivity contribution is 7.85. The van der Waals surface area contributed by atoms with Crippen LogP contribution in [0.15, 0.2) is 47.4 Å². The second-order valence-corrected chi connectivity index (χ2v) is 5.51. The number of hydrogen-bond donors (Lipinski definition) is 0. The molecule has 0 fully saturated rings. The Bertz CT molecular complexity index is 705. The van der Waals surface area contributed by atoms with E-state index in [1.165, 1.54) is 25.3 Å². The van der Waals surface area contributed by atoms with Gasteiger partial charge in [0.15, 0.2) is 0 Å². The van der Waals surface area contributed by atoms with Crippen molar-refractivity contribution in [2.24, 2.45) is 0 Å². The molecule has 19 heavy (non-hydrogen) atoms. The summed E-state index contributed by atoms with van der Waals surface area (Å²) in [6.45, 7) is 1.91. The van der Waals surface area contributed by atoms with Gasteiger partial charge >= 0.3 is 0 Å². The fraction of sp³-hybridized carbons (Fsp3) is 0.143. The zero-order valence-corrected chi connectivity index (χ0v) is 11.4. The molecule has 0 bridgehead atoms. The summed E-state index contributed by atoms with van der Waals surface area (Å²) in [4.78, 5) is -0.258. The smallest absolute Gasteiger partial charge is 0.126 e. The Morgan fingerprint density at radius 2 is 1.74 bits per heavy atom. The van der Waals surface area contributed by atoms with E-state index >= 15 is 0 Å². The number of ether oxygens (including phenoxy) is 1. The van der Waals surface area contributed by atoms with E-state index in [-0.39, 0.29) is 4.90 Å². The van der Waals surface area contributed by atoms with Crippen molar-refractivity contribution in [1.82, 2.24) is 0 Å². The Labute approximate surface area is 112 Å². The van der Waals surface area contributed by atoms with Crippen molar-refractivity contribution in [3.8, 4) is 16.9 Å². The van der Waals surface area contributed by atoms with E-state index < -0.39 is 10.1 Å². The van der Waals surface area contributed by atoms with Gasteiger partial charge in [-0.2, -0.15) is 0 Å². The van der Waals surface area contributed by atoms with Crippen molar-refractivity contribution in [3.05, 3.63) is 48.0 Å². The SMILES string of the molecule is COc1ccc(S(=O)(=O)[O-])cc1-c1ccccc1C. The molecule has 0 aliphatic rings. The van der Waals surface area contributed by atoms with E-state index in [1.54, 1.807) is 0 Å². The molecule has 0 saturated carbocycles. The molecule has 0 aliphatic carbocycles. The van der Waals surface area contributed by atoms with Crippen LogP contribution in [0.25, 0.3) is 11.1 Å². The summed E-state index contributed by atoms with van der Waals surface area (Å²) in [7, 11) is -2.97. The quantitative estimate of drug-likeness (QED) is 0.809. The van der Waals surface area contributed by atoms with Gasteiger partial charge in [-0.1, -0.05) is 24.3 Å². The molecule has 0 spiro atoms. The summed E-state index contributed by atoms with van der Waals surface area (Å²) in [5.74, 6) is 0.529. The molecular formula is C14H13O4S-. The van der Waals surface area contributed by atoms with Gasteiger partial charge in [-0.05, 0) is 36.2 Å². The summed E-state index contributed by atoms with van der Waals surface area (Å²) >= 11 is 0. The third-order valence-electron chi connectivity index (χ3n) is 2.89. The Balaban J connectivity index is 2.71. The van der Waals surface area contributed by atoms with E-state index in [0.29, 0.717) is 11.3 Å². The molecule has 4 nitrogen and oxygen atoms in total. The zero-order valence-electron chi connectivity index (χ0n) is 10.6. The van der Waals surface area contributed by atoms with E-state index in [9.17, 15) is 13.0 Å². The standard InChI is InChI=1S/C14H14O4S/c1-10-5-3-4-6-12(10)13-9-11(19(15,16)17)7-8-14(13)18-2/h3-9H,1-2H3,(H,15,16,17)/p-1. The number of aryl methyl sites for hydroxylation is 1. The summed E-state index contributed by atoms with van der Waals surface area (Å²) < 4.78 is 38.5. The third kappa shape index (κ3) is 2.77. The van der Waals surface area contributed by atoms with Crippen molar-refractivity contribution in [1.29, 1.82) is 0 Å². The maximum Gasteiger partial charge on any atom is 0.126 e. The number of rotatable bonds is 3. The molecule has 100 valence electrons. The lowest BCUT2D eigenvalue weighted by Gasteiger charge is -2.14. The van der Waals surface area contributed by atoms with Crippen LogP contribution in [0.1, 0.15) is 5.56 Å². The molecule has 0 saturated heterocycles. The van der Waals surface area contributed by atoms with Crippen molar-refractivity contribution in [2.45, 2.75) is 11.8 Å². The topological polar surface area (TPSA) is 66.4 Å². The van der Waals surface area contributed by atoms with Crippen LogP contribution in [0.3, 0.4) is 0 Å². The molecule has 0 unspecified atom stereocenters. The van der Waals surface area contributed by atoms with Crippen LogP contribution in [0, 0.1) is 6.92 Å². The minimum Gasteiger partial charge on any atom is -0.744 e. The molecule has 0 heterocycles. The molecule has 0 amide bonds. The maximum absolute atomic E-state index is 11.1. The van der Waals surface area contributed by atoms with Gasteiger partial charge in [-0.3, -0.25) is 0 Å². The Hall–Kier alpha value is -1.85. The summed E-state index contributed by atoms with van der Waals surface area (Å²) in [5, 5.41) is 0. The average molecular weight is 277 g/mol. The monoisotopic (exact) mass is 277 g/mol. The second kappa shape index (κ2) is 5.03. The van der Waals surface area contributed by atoms with Crippen molar-refractivity contribution in [2.75, 3.05) is 7.11 Å². The molecule has 0 N–H and O–H groups in total. The van der Waals surface area contributed by atoms with Crippen LogP contribution >= 0.6 is 0 Å². The molecule has 2 rings (SSSR count). The van der Waals surface area contributed by atoms with Crippen LogP contribution in [-0.4, -0.2) is 20.1 Å². The molecular weight excluding hydrogens is 264 g/mol. The zero-order chi connectivity index (χ0) is 14.0. The number of methoxy groups -OCH3 is 1. The first-order valence-corrected chi connectivity index (χ1v) is 7.04. The molecule has 0 aromatic heterocycles. The molecule has 0 radical (unpaired) electrons. The Morgan fingerprint density at radius 1 is 1.05 bits per heavy atom. The van der Waals surface area contributed by atoms with Crippen LogP contribution < -0.4 is 4.74 Å². The highest BCUT2D eigenvalue weighted by Crippen LogP contribution is 2.33. The predicted octanol–water partition coefficient (Wildman–Crippen LogP) is 2.57. The van der Waals surface area contributed by atoms with Gasteiger partial charge in [0.05, 0.1) is 12.0 Å². The largest absolute Gasteiger partial charge is 0.744 e. The van der Waals surface area contributed by atoms with Gasteiger partial charge in [0.2, 0.25) is 0 Å². The first-order valence-electron chi connectivity index (χ1n) is 5.63. The van der Waals surface area contributed by atoms with Gasteiger partial charge in [0, 0.05) is 5.56 Å². The Morgan fingerprint density at radius 3 is 2.32 bits per heavy atom. The van der Waals surface area contributed by atoms with E-state index in [0.717, 1.165) is 11.1 Å². The maximum atomic E-state index is 11.1. The van der Waals surface area contributed by atoms with Crippen LogP contribution in [0.4, 0.5) is 0 Å². The second-order valence-electron chi connectivity index (χ2n) is 4.13. The van der Waals surface area contributed by atoms with Gasteiger partial charge in [-0.25, -0.2) is 8.42 Å². The first kappa shape index (κ1) is 13.6. The number of benzene rings is 2. The van der Waals surface area contributed by atoms with Gasteiger partial charge in [-0.15, -0.1) is 0 Å². The van der Waals surface area contributed by atoms with Crippen LogP contribution in [0.2, 0.25) is 0 Å². The lowest BCUT2D eigenvalue weighted by Crippen LogP contribution is -2.00. The minimum absolute atomic E-state index is 0.258. The Kier molecular flexibility index (Phi) is 3.59. The predicted molar refractivity (Wildman–Crippen MR) is 71.1 cm³/mol. The lowest BCUT2D eigenvalue weighted by atomic mass is 10.00. The van der Waals surface area contributed by atoms with E-state index in [1.807, 2.05) is 31.2 Å². The molecule has 2 aromatic rings. The summed E-state index contributed by atoms with van der Waals surface area (Å²) in [6, 6.07) is 11.6. The third-order valence-corrected chi connectivity index (χ3v) is 3.73. The van der Waals surface area contributed by atoms with Gasteiger partial charge in [0.1, 0.15) is 15.9 Å². The van der Waals surface area contributed by atoms with E-state index in [2.05, 4.69) is 0 Å². The number of hydrogen-bond acceptors (Lipinski definition) is 4. The highest BCUT2D eigenvalue weighted by atomic mass is 32.2. The van der Waals surface area contributed by atoms with Crippen LogP contribution in [-0.2, 0) is 10.1 Å². The summed E-state index contributed by atoms with van der Waals surface area (Å²) in [5.41, 5.74) is 2.41. The average Bonchev–Trinajstić information content (AvgIpc) is 2.37. The summed E-state index contributed by atoms with van der Waals surface area (Å²) in [6.07, 6.45) is 0. The highest BCUT2D eigenvalue weighted by Gasteiger charge is 2.11. The molecule has 2 aromatic carbocycles. The van der Waals surface area contributed by atoms with E-state index in [4.69, 9.17) is 4.74 Å². The molecule has 5 heteroatoms. The van der Waals surface area contributed by atoms with Crippen molar-refractivity contribution in [3.63, 3.8) is 0 Å². The fourth-order valence-electron chi connectivity index (χ4n) is 1.93. The van der Waals surface area contributed by atoms with Gasteiger partial charge in [0.25, 0.3) is 0 Å². The van der Waals surface area contributed by atoms with Crippen molar-refractivity contribution < 1.29 is 17.7 Å². The fourth-order valence-corrected chi connectivity index (χ4v) is 2.43. The molecule has 0 aliphatic heterocycles. The van der Waals surface area contributed by atoms with Crippen molar-refractivity contribution >= 4 is 10.1 Å². The van der Waals surface area contributed by atoms with Crippen LogP contribution in [0.5, 0.6) is 5.75 Å². The minimum atomic E-state index is -4.48. The normalized spacial score (nSPS) is 11.3. The molecule has 0 atom stereocenters. The van der Waals surface area contributed by atoms with Gasteiger partial charge < -0.3 is 9.29 Å². The first-order chi connectivity index (χ1) is 8.93. The lowest BCUT2D eigenvalue weighted by molar-refractivity contribution is 0.415.